The number of carbonyl (C=O) groups is 2. The van der Waals surface area contributed by atoms with Crippen LogP contribution in [0.4, 0.5) is 4.79 Å². The molecule has 34 heavy (non-hydrogen) atoms. The van der Waals surface area contributed by atoms with Crippen LogP contribution in [0.2, 0.25) is 0 Å². The average Bonchev–Trinajstić information content (AvgIpc) is 3.38. The van der Waals surface area contributed by atoms with Crippen LogP contribution in [0.1, 0.15) is 41.8 Å². The number of thiophene rings is 1. The number of urea groups is 1. The lowest BCUT2D eigenvalue weighted by Crippen LogP contribution is -2.39. The molecule has 178 valence electrons. The van der Waals surface area contributed by atoms with Crippen molar-refractivity contribution in [3.63, 3.8) is 0 Å². The molecule has 2 atom stereocenters. The van der Waals surface area contributed by atoms with E-state index in [4.69, 9.17) is 4.98 Å². The smallest absolute Gasteiger partial charge is 0.324 e. The molecular formula is C25H28N4O3S2. The molecule has 2 aliphatic rings. The van der Waals surface area contributed by atoms with E-state index in [9.17, 15) is 14.4 Å². The Kier molecular flexibility index (Phi) is 6.02. The Balaban J connectivity index is 1.66. The van der Waals surface area contributed by atoms with E-state index in [1.807, 2.05) is 32.0 Å². The molecule has 0 radical (unpaired) electrons. The summed E-state index contributed by atoms with van der Waals surface area (Å²) >= 11 is 2.85. The van der Waals surface area contributed by atoms with Crippen molar-refractivity contribution in [2.45, 2.75) is 57.4 Å². The van der Waals surface area contributed by atoms with E-state index in [1.165, 1.54) is 21.5 Å². The highest BCUT2D eigenvalue weighted by atomic mass is 32.2. The van der Waals surface area contributed by atoms with Crippen molar-refractivity contribution in [3.05, 3.63) is 50.1 Å². The number of aryl methyl sites for hydroxylation is 3. The number of rotatable bonds is 4. The molecule has 0 bridgehead atoms. The largest absolute Gasteiger partial charge is 0.336 e. The lowest BCUT2D eigenvalue weighted by Gasteiger charge is -2.20. The summed E-state index contributed by atoms with van der Waals surface area (Å²) in [4.78, 5) is 47.3. The molecule has 0 saturated carbocycles. The minimum Gasteiger partial charge on any atom is -0.336 e. The highest BCUT2D eigenvalue weighted by molar-refractivity contribution is 8.00. The molecule has 1 aliphatic carbocycles. The van der Waals surface area contributed by atoms with Crippen LogP contribution in [0.3, 0.4) is 0 Å². The summed E-state index contributed by atoms with van der Waals surface area (Å²) in [6.07, 6.45) is 2.94. The van der Waals surface area contributed by atoms with E-state index in [-0.39, 0.29) is 17.5 Å². The molecule has 1 saturated heterocycles. The fraction of sp³-hybridized carbons (Fsp3) is 0.440. The number of hydrogen-bond donors (Lipinski definition) is 1. The Morgan fingerprint density at radius 2 is 2.09 bits per heavy atom. The standard InChI is InChI=1S/C25H28N4O3S2/c1-13-5-7-15(3)18(11-13)29-23(31)20-17-8-6-14(2)12-19(17)34-21(20)27-25(29)33-16(4)22(30)28-10-9-26-24(28)32/h5,7,11,14,16H,6,8-10,12H2,1-4H3,(H,26,32). The van der Waals surface area contributed by atoms with E-state index in [2.05, 4.69) is 12.2 Å². The summed E-state index contributed by atoms with van der Waals surface area (Å²) in [5.74, 6) is 0.320. The van der Waals surface area contributed by atoms with Crippen LogP contribution in [0.5, 0.6) is 0 Å². The number of fused-ring (bicyclic) bond motifs is 3. The van der Waals surface area contributed by atoms with Gasteiger partial charge in [-0.3, -0.25) is 19.1 Å². The zero-order chi connectivity index (χ0) is 24.1. The minimum atomic E-state index is -0.570. The van der Waals surface area contributed by atoms with Crippen molar-refractivity contribution in [2.24, 2.45) is 5.92 Å². The van der Waals surface area contributed by atoms with E-state index in [0.29, 0.717) is 24.2 Å². The first kappa shape index (κ1) is 23.1. The van der Waals surface area contributed by atoms with Gasteiger partial charge in [0.05, 0.1) is 16.3 Å². The Labute approximate surface area is 206 Å². The Morgan fingerprint density at radius 1 is 1.29 bits per heavy atom. The first-order chi connectivity index (χ1) is 16.2. The van der Waals surface area contributed by atoms with Crippen LogP contribution >= 0.6 is 23.1 Å². The maximum absolute atomic E-state index is 14.0. The third-order valence-corrected chi connectivity index (χ3v) is 8.84. The quantitative estimate of drug-likeness (QED) is 0.432. The first-order valence-corrected chi connectivity index (χ1v) is 13.3. The number of benzene rings is 1. The van der Waals surface area contributed by atoms with Gasteiger partial charge in [0.25, 0.3) is 5.56 Å². The second kappa shape index (κ2) is 8.85. The number of amides is 3. The molecule has 1 aliphatic heterocycles. The topological polar surface area (TPSA) is 84.3 Å². The molecule has 7 nitrogen and oxygen atoms in total. The highest BCUT2D eigenvalue weighted by Crippen LogP contribution is 2.37. The van der Waals surface area contributed by atoms with E-state index in [0.717, 1.165) is 51.9 Å². The molecule has 1 N–H and O–H groups in total. The van der Waals surface area contributed by atoms with Crippen LogP contribution in [0.15, 0.2) is 28.2 Å². The molecule has 2 aromatic heterocycles. The Bertz CT molecular complexity index is 1380. The Morgan fingerprint density at radius 3 is 2.82 bits per heavy atom. The molecule has 1 aromatic carbocycles. The molecule has 1 fully saturated rings. The van der Waals surface area contributed by atoms with Gasteiger partial charge in [0.2, 0.25) is 5.91 Å². The molecule has 3 aromatic rings. The predicted octanol–water partition coefficient (Wildman–Crippen LogP) is 4.22. The zero-order valence-electron chi connectivity index (χ0n) is 19.8. The summed E-state index contributed by atoms with van der Waals surface area (Å²) in [5, 5.41) is 3.30. The monoisotopic (exact) mass is 496 g/mol. The van der Waals surface area contributed by atoms with Gasteiger partial charge in [-0.25, -0.2) is 9.78 Å². The van der Waals surface area contributed by atoms with Crippen molar-refractivity contribution in [1.82, 2.24) is 19.8 Å². The van der Waals surface area contributed by atoms with Gasteiger partial charge in [-0.05, 0) is 68.7 Å². The summed E-state index contributed by atoms with van der Waals surface area (Å²) < 4.78 is 1.67. The maximum atomic E-state index is 14.0. The van der Waals surface area contributed by atoms with Crippen LogP contribution < -0.4 is 10.9 Å². The van der Waals surface area contributed by atoms with E-state index >= 15 is 0 Å². The van der Waals surface area contributed by atoms with Gasteiger partial charge in [-0.15, -0.1) is 11.3 Å². The zero-order valence-corrected chi connectivity index (χ0v) is 21.4. The molecule has 3 amide bonds. The third-order valence-electron chi connectivity index (χ3n) is 6.66. The molecule has 0 spiro atoms. The predicted molar refractivity (Wildman–Crippen MR) is 136 cm³/mol. The van der Waals surface area contributed by atoms with Gasteiger partial charge in [0.15, 0.2) is 5.16 Å². The summed E-state index contributed by atoms with van der Waals surface area (Å²) in [6.45, 7) is 8.81. The van der Waals surface area contributed by atoms with Crippen LogP contribution in [-0.4, -0.2) is 44.7 Å². The number of hydrogen-bond acceptors (Lipinski definition) is 6. The summed E-state index contributed by atoms with van der Waals surface area (Å²) in [5.41, 5.74) is 3.86. The van der Waals surface area contributed by atoms with Crippen molar-refractivity contribution < 1.29 is 9.59 Å². The normalized spacial score (nSPS) is 18.8. The maximum Gasteiger partial charge on any atom is 0.324 e. The molecular weight excluding hydrogens is 468 g/mol. The number of nitrogens with one attached hydrogen (secondary N) is 1. The lowest BCUT2D eigenvalue weighted by molar-refractivity contribution is -0.126. The second-order valence-electron chi connectivity index (χ2n) is 9.34. The number of imide groups is 1. The average molecular weight is 497 g/mol. The van der Waals surface area contributed by atoms with Crippen LogP contribution in [0, 0.1) is 19.8 Å². The van der Waals surface area contributed by atoms with Gasteiger partial charge in [-0.2, -0.15) is 0 Å². The van der Waals surface area contributed by atoms with Crippen LogP contribution in [-0.2, 0) is 17.6 Å². The van der Waals surface area contributed by atoms with E-state index < -0.39 is 5.25 Å². The van der Waals surface area contributed by atoms with Gasteiger partial charge < -0.3 is 5.32 Å². The molecule has 3 heterocycles. The van der Waals surface area contributed by atoms with Crippen molar-refractivity contribution in [1.29, 1.82) is 0 Å². The van der Waals surface area contributed by atoms with Gasteiger partial charge in [-0.1, -0.05) is 30.8 Å². The molecule has 5 rings (SSSR count). The fourth-order valence-electron chi connectivity index (χ4n) is 4.73. The third kappa shape index (κ3) is 3.94. The number of aromatic nitrogens is 2. The number of carbonyl (C=O) groups excluding carboxylic acids is 2. The Hall–Kier alpha value is -2.65. The van der Waals surface area contributed by atoms with Gasteiger partial charge >= 0.3 is 6.03 Å². The molecule has 2 unspecified atom stereocenters. The first-order valence-electron chi connectivity index (χ1n) is 11.7. The fourth-order valence-corrected chi connectivity index (χ4v) is 7.14. The number of nitrogens with zero attached hydrogens (tertiary/aromatic N) is 3. The summed E-state index contributed by atoms with van der Waals surface area (Å²) in [6, 6.07) is 5.65. The minimum absolute atomic E-state index is 0.0770. The highest BCUT2D eigenvalue weighted by Gasteiger charge is 2.32. The summed E-state index contributed by atoms with van der Waals surface area (Å²) in [7, 11) is 0. The lowest BCUT2D eigenvalue weighted by atomic mass is 9.89. The van der Waals surface area contributed by atoms with Crippen LogP contribution in [0.25, 0.3) is 15.9 Å². The van der Waals surface area contributed by atoms with E-state index in [1.54, 1.807) is 22.8 Å². The van der Waals surface area contributed by atoms with Gasteiger partial charge in [0.1, 0.15) is 4.83 Å². The van der Waals surface area contributed by atoms with Crippen molar-refractivity contribution >= 4 is 45.3 Å². The SMILES string of the molecule is Cc1ccc(C)c(-n2c(SC(C)C(=O)N3CCNC3=O)nc3sc4c(c3c2=O)CCC(C)C4)c1. The van der Waals surface area contributed by atoms with Crippen molar-refractivity contribution in [2.75, 3.05) is 13.1 Å². The second-order valence-corrected chi connectivity index (χ2v) is 11.7. The molecule has 9 heteroatoms. The van der Waals surface area contributed by atoms with Gasteiger partial charge in [0, 0.05) is 18.0 Å². The number of thioether (sulfide) groups is 1. The van der Waals surface area contributed by atoms with Crippen molar-refractivity contribution in [3.8, 4) is 5.69 Å².